The van der Waals surface area contributed by atoms with E-state index in [4.69, 9.17) is 5.26 Å². The molecule has 2 heterocycles. The van der Waals surface area contributed by atoms with Crippen LogP contribution in [0.5, 0.6) is 0 Å². The number of esters is 1. The van der Waals surface area contributed by atoms with Crippen molar-refractivity contribution in [2.75, 3.05) is 7.11 Å². The number of aromatic nitrogens is 1. The summed E-state index contributed by atoms with van der Waals surface area (Å²) in [5.74, 6) is -0.410. The molecule has 0 aliphatic heterocycles. The van der Waals surface area contributed by atoms with E-state index in [9.17, 15) is 4.79 Å². The third-order valence-corrected chi connectivity index (χ3v) is 4.41. The first-order valence-electron chi connectivity index (χ1n) is 3.96. The van der Waals surface area contributed by atoms with E-state index >= 15 is 0 Å². The van der Waals surface area contributed by atoms with Crippen LogP contribution in [-0.2, 0) is 4.74 Å². The van der Waals surface area contributed by atoms with Gasteiger partial charge in [-0.3, -0.25) is 0 Å². The number of rotatable bonds is 1. The maximum absolute atomic E-state index is 11.4. The van der Waals surface area contributed by atoms with Crippen molar-refractivity contribution >= 4 is 50.1 Å². The third-order valence-electron chi connectivity index (χ3n) is 1.97. The molecule has 0 aromatic carbocycles. The number of nitriles is 1. The van der Waals surface area contributed by atoms with Crippen LogP contribution in [0.1, 0.15) is 16.1 Å². The van der Waals surface area contributed by atoms with Crippen molar-refractivity contribution in [2.24, 2.45) is 0 Å². The number of ether oxygens (including phenoxy) is 1. The van der Waals surface area contributed by atoms with Gasteiger partial charge in [0.15, 0.2) is 0 Å². The van der Waals surface area contributed by atoms with E-state index in [1.54, 1.807) is 5.38 Å². The standard InChI is InChI=1S/C9H5IN2O2S/c1-14-9(13)7-5(10)8-6(12-7)4(2-11)3-15-8/h3,12H,1H3. The minimum atomic E-state index is -0.410. The Morgan fingerprint density at radius 3 is 3.07 bits per heavy atom. The summed E-state index contributed by atoms with van der Waals surface area (Å²) in [6.45, 7) is 0. The molecule has 2 aromatic rings. The van der Waals surface area contributed by atoms with Gasteiger partial charge in [-0.15, -0.1) is 11.3 Å². The van der Waals surface area contributed by atoms with Crippen LogP contribution in [0.4, 0.5) is 0 Å². The van der Waals surface area contributed by atoms with Gasteiger partial charge in [0, 0.05) is 5.38 Å². The molecule has 0 saturated carbocycles. The average Bonchev–Trinajstić information content (AvgIpc) is 2.78. The van der Waals surface area contributed by atoms with Crippen LogP contribution >= 0.6 is 33.9 Å². The Hall–Kier alpha value is -1.07. The number of fused-ring (bicyclic) bond motifs is 1. The second-order valence-corrected chi connectivity index (χ2v) is 4.73. The molecule has 0 radical (unpaired) electrons. The van der Waals surface area contributed by atoms with Gasteiger partial charge in [-0.2, -0.15) is 5.26 Å². The number of carbonyl (C=O) groups excluding carboxylic acids is 1. The van der Waals surface area contributed by atoms with Gasteiger partial charge >= 0.3 is 5.97 Å². The first-order chi connectivity index (χ1) is 7.19. The van der Waals surface area contributed by atoms with Gasteiger partial charge in [0.05, 0.1) is 26.5 Å². The molecule has 0 aliphatic rings. The number of carbonyl (C=O) groups is 1. The van der Waals surface area contributed by atoms with Gasteiger partial charge in [-0.05, 0) is 22.6 Å². The van der Waals surface area contributed by atoms with Gasteiger partial charge in [0.25, 0.3) is 0 Å². The number of hydrogen-bond donors (Lipinski definition) is 1. The normalized spacial score (nSPS) is 10.2. The SMILES string of the molecule is COC(=O)c1[nH]c2c(C#N)csc2c1I. The molecule has 0 saturated heterocycles. The fourth-order valence-corrected chi connectivity index (χ4v) is 3.16. The van der Waals surface area contributed by atoms with Crippen molar-refractivity contribution in [1.29, 1.82) is 5.26 Å². The highest BCUT2D eigenvalue weighted by atomic mass is 127. The van der Waals surface area contributed by atoms with Crippen molar-refractivity contribution < 1.29 is 9.53 Å². The molecular weight excluding hydrogens is 327 g/mol. The number of thiophene rings is 1. The number of H-pyrrole nitrogens is 1. The van der Waals surface area contributed by atoms with Crippen LogP contribution in [0.25, 0.3) is 10.2 Å². The summed E-state index contributed by atoms with van der Waals surface area (Å²) in [7, 11) is 1.33. The second-order valence-electron chi connectivity index (χ2n) is 2.77. The number of methoxy groups -OCH3 is 1. The molecule has 0 bridgehead atoms. The lowest BCUT2D eigenvalue weighted by Crippen LogP contribution is -2.03. The monoisotopic (exact) mass is 332 g/mol. The van der Waals surface area contributed by atoms with E-state index in [1.807, 2.05) is 0 Å². The van der Waals surface area contributed by atoms with Crippen molar-refractivity contribution in [3.05, 3.63) is 20.2 Å². The van der Waals surface area contributed by atoms with Crippen LogP contribution < -0.4 is 0 Å². The lowest BCUT2D eigenvalue weighted by Gasteiger charge is -1.95. The smallest absolute Gasteiger partial charge is 0.355 e. The first-order valence-corrected chi connectivity index (χ1v) is 5.92. The molecule has 4 nitrogen and oxygen atoms in total. The van der Waals surface area contributed by atoms with Crippen LogP contribution in [0, 0.1) is 14.9 Å². The Bertz CT molecular complexity index is 579. The molecular formula is C9H5IN2O2S. The molecule has 0 amide bonds. The fourth-order valence-electron chi connectivity index (χ4n) is 1.26. The van der Waals surface area contributed by atoms with Crippen molar-refractivity contribution in [3.8, 4) is 6.07 Å². The summed E-state index contributed by atoms with van der Waals surface area (Å²) in [5, 5.41) is 10.6. The molecule has 15 heavy (non-hydrogen) atoms. The molecule has 0 atom stereocenters. The van der Waals surface area contributed by atoms with Gasteiger partial charge in [-0.25, -0.2) is 4.79 Å². The summed E-state index contributed by atoms with van der Waals surface area (Å²) >= 11 is 3.52. The van der Waals surface area contributed by atoms with E-state index in [1.165, 1.54) is 18.4 Å². The maximum atomic E-state index is 11.4. The van der Waals surface area contributed by atoms with Crippen LogP contribution in [0.3, 0.4) is 0 Å². The highest BCUT2D eigenvalue weighted by molar-refractivity contribution is 14.1. The Morgan fingerprint density at radius 2 is 2.47 bits per heavy atom. The maximum Gasteiger partial charge on any atom is 0.355 e. The fraction of sp³-hybridized carbons (Fsp3) is 0.111. The first kappa shape index (κ1) is 10.4. The zero-order chi connectivity index (χ0) is 11.0. The molecule has 0 fully saturated rings. The molecule has 6 heteroatoms. The lowest BCUT2D eigenvalue weighted by molar-refractivity contribution is 0.0594. The third kappa shape index (κ3) is 1.52. The minimum absolute atomic E-state index is 0.410. The van der Waals surface area contributed by atoms with Gasteiger partial charge in [0.1, 0.15) is 11.8 Å². The zero-order valence-corrected chi connectivity index (χ0v) is 10.6. The van der Waals surface area contributed by atoms with E-state index in [0.29, 0.717) is 16.8 Å². The highest BCUT2D eigenvalue weighted by Crippen LogP contribution is 2.32. The number of nitrogens with zero attached hydrogens (tertiary/aromatic N) is 1. The summed E-state index contributed by atoms with van der Waals surface area (Å²) in [4.78, 5) is 14.3. The topological polar surface area (TPSA) is 65.9 Å². The summed E-state index contributed by atoms with van der Waals surface area (Å²) in [6.07, 6.45) is 0. The second kappa shape index (κ2) is 3.83. The molecule has 76 valence electrons. The van der Waals surface area contributed by atoms with Gasteiger partial charge in [0.2, 0.25) is 0 Å². The summed E-state index contributed by atoms with van der Waals surface area (Å²) < 4.78 is 6.37. The largest absolute Gasteiger partial charge is 0.464 e. The minimum Gasteiger partial charge on any atom is -0.464 e. The highest BCUT2D eigenvalue weighted by Gasteiger charge is 2.19. The predicted molar refractivity (Wildman–Crippen MR) is 64.9 cm³/mol. The van der Waals surface area contributed by atoms with Crippen LogP contribution in [0.15, 0.2) is 5.38 Å². The van der Waals surface area contributed by atoms with Crippen molar-refractivity contribution in [2.45, 2.75) is 0 Å². The van der Waals surface area contributed by atoms with Gasteiger partial charge < -0.3 is 9.72 Å². The molecule has 0 unspecified atom stereocenters. The Morgan fingerprint density at radius 1 is 1.73 bits per heavy atom. The van der Waals surface area contributed by atoms with E-state index in [0.717, 1.165) is 8.27 Å². The number of hydrogen-bond acceptors (Lipinski definition) is 4. The average molecular weight is 332 g/mol. The Kier molecular flexibility index (Phi) is 2.67. The number of halogens is 1. The predicted octanol–water partition coefficient (Wildman–Crippen LogP) is 2.49. The molecule has 0 spiro atoms. The van der Waals surface area contributed by atoms with Crippen molar-refractivity contribution in [3.63, 3.8) is 0 Å². The van der Waals surface area contributed by atoms with Crippen molar-refractivity contribution in [1.82, 2.24) is 4.98 Å². The summed E-state index contributed by atoms with van der Waals surface area (Å²) in [6, 6.07) is 2.07. The molecule has 2 aromatic heterocycles. The van der Waals surface area contributed by atoms with E-state index < -0.39 is 5.97 Å². The van der Waals surface area contributed by atoms with Crippen LogP contribution in [-0.4, -0.2) is 18.1 Å². The Balaban J connectivity index is 2.71. The lowest BCUT2D eigenvalue weighted by atomic mass is 10.3. The molecule has 1 N–H and O–H groups in total. The number of nitrogens with one attached hydrogen (secondary N) is 1. The van der Waals surface area contributed by atoms with Gasteiger partial charge in [-0.1, -0.05) is 0 Å². The number of aromatic amines is 1. The Labute approximate surface area is 103 Å². The van der Waals surface area contributed by atoms with E-state index in [2.05, 4.69) is 38.4 Å². The summed E-state index contributed by atoms with van der Waals surface area (Å²) in [5.41, 5.74) is 1.69. The van der Waals surface area contributed by atoms with Crippen LogP contribution in [0.2, 0.25) is 0 Å². The quantitative estimate of drug-likeness (QED) is 0.645. The molecule has 2 rings (SSSR count). The van der Waals surface area contributed by atoms with E-state index in [-0.39, 0.29) is 0 Å². The molecule has 0 aliphatic carbocycles. The zero-order valence-electron chi connectivity index (χ0n) is 7.63.